The molecular formula is C25H30N2O7. The van der Waals surface area contributed by atoms with Gasteiger partial charge in [-0.25, -0.2) is 9.78 Å². The van der Waals surface area contributed by atoms with Crippen molar-refractivity contribution in [3.8, 4) is 0 Å². The van der Waals surface area contributed by atoms with Gasteiger partial charge in [0.05, 0.1) is 18.3 Å². The lowest BCUT2D eigenvalue weighted by Crippen LogP contribution is -2.62. The first kappa shape index (κ1) is 24.3. The summed E-state index contributed by atoms with van der Waals surface area (Å²) >= 11 is 0. The maximum absolute atomic E-state index is 13.2. The predicted molar refractivity (Wildman–Crippen MR) is 121 cm³/mol. The zero-order valence-electron chi connectivity index (χ0n) is 19.6. The summed E-state index contributed by atoms with van der Waals surface area (Å²) in [5, 5.41) is 23.0. The first-order valence-electron chi connectivity index (χ1n) is 11.6. The minimum Gasteiger partial charge on any atom is -0.477 e. The van der Waals surface area contributed by atoms with Gasteiger partial charge < -0.3 is 14.9 Å². The highest BCUT2D eigenvalue weighted by atomic mass is 16.5. The lowest BCUT2D eigenvalue weighted by Gasteiger charge is -2.57. The molecule has 2 bridgehead atoms. The van der Waals surface area contributed by atoms with Gasteiger partial charge in [0.1, 0.15) is 5.69 Å². The van der Waals surface area contributed by atoms with Crippen LogP contribution in [0.15, 0.2) is 40.7 Å². The number of ketones is 2. The quantitative estimate of drug-likeness (QED) is 0.628. The van der Waals surface area contributed by atoms with E-state index in [1.165, 1.54) is 12.3 Å². The van der Waals surface area contributed by atoms with Gasteiger partial charge in [-0.05, 0) is 55.4 Å². The molecule has 1 saturated heterocycles. The monoisotopic (exact) mass is 470 g/mol. The van der Waals surface area contributed by atoms with Crippen LogP contribution in [0, 0.1) is 28.1 Å². The third-order valence-corrected chi connectivity index (χ3v) is 8.39. The SMILES string of the molecule is CC1=C2C(N=O)C(=O)C3CCC4OCC4C3CC(O)(CC1=O)C2(C)C.O=C(O)c1ccccn1. The van der Waals surface area contributed by atoms with Crippen LogP contribution in [-0.4, -0.2) is 57.1 Å². The fourth-order valence-corrected chi connectivity index (χ4v) is 6.24. The summed E-state index contributed by atoms with van der Waals surface area (Å²) in [6.07, 6.45) is 3.49. The third-order valence-electron chi connectivity index (χ3n) is 8.39. The highest BCUT2D eigenvalue weighted by Crippen LogP contribution is 2.57. The van der Waals surface area contributed by atoms with Gasteiger partial charge in [0.25, 0.3) is 0 Å². The number of fused-ring (bicyclic) bond motifs is 5. The van der Waals surface area contributed by atoms with Crippen molar-refractivity contribution < 1.29 is 29.3 Å². The number of aromatic nitrogens is 1. The van der Waals surface area contributed by atoms with Crippen molar-refractivity contribution in [1.82, 2.24) is 4.98 Å². The average molecular weight is 471 g/mol. The topological polar surface area (TPSA) is 143 Å². The predicted octanol–water partition coefficient (Wildman–Crippen LogP) is 2.96. The third kappa shape index (κ3) is 3.80. The van der Waals surface area contributed by atoms with E-state index in [0.29, 0.717) is 30.6 Å². The molecule has 3 aliphatic carbocycles. The molecule has 0 amide bonds. The number of nitroso groups, excluding NO2 is 1. The number of carbonyl (C=O) groups is 3. The van der Waals surface area contributed by atoms with E-state index in [9.17, 15) is 24.4 Å². The standard InChI is InChI=1S/C19H25NO5.C6H5NO2/c1-9-13(21)7-19(23)6-11-10(4-5-14-12(11)8-25-14)17(22)16(20-24)15(9)18(19,2)3;8-6(9)5-3-1-2-4-7-5/h10-12,14,16,23H,4-8H2,1-3H3;1-4H,(H,8,9). The van der Waals surface area contributed by atoms with E-state index in [2.05, 4.69) is 10.2 Å². The van der Waals surface area contributed by atoms with Gasteiger partial charge in [-0.3, -0.25) is 9.59 Å². The lowest BCUT2D eigenvalue weighted by molar-refractivity contribution is -0.195. The number of ether oxygens (including phenoxy) is 1. The van der Waals surface area contributed by atoms with Crippen LogP contribution in [0.4, 0.5) is 0 Å². The molecule has 6 unspecified atom stereocenters. The number of carbonyl (C=O) groups excluding carboxylic acids is 2. The summed E-state index contributed by atoms with van der Waals surface area (Å²) in [7, 11) is 0. The molecule has 9 heteroatoms. The Morgan fingerprint density at radius 1 is 1.21 bits per heavy atom. The lowest BCUT2D eigenvalue weighted by atomic mass is 9.51. The second-order valence-corrected chi connectivity index (χ2v) is 10.3. The Hall–Kier alpha value is -2.78. The molecule has 182 valence electrons. The van der Waals surface area contributed by atoms with E-state index in [4.69, 9.17) is 9.84 Å². The van der Waals surface area contributed by atoms with Crippen LogP contribution in [0.25, 0.3) is 0 Å². The number of pyridine rings is 1. The highest BCUT2D eigenvalue weighted by molar-refractivity contribution is 6.01. The first-order chi connectivity index (χ1) is 16.0. The van der Waals surface area contributed by atoms with E-state index < -0.39 is 23.0 Å². The van der Waals surface area contributed by atoms with Crippen molar-refractivity contribution in [2.45, 2.75) is 64.2 Å². The number of allylic oxidation sites excluding steroid dienone is 1. The number of nitrogens with zero attached hydrogens (tertiary/aromatic N) is 2. The zero-order valence-corrected chi connectivity index (χ0v) is 19.6. The number of hydrogen-bond donors (Lipinski definition) is 2. The van der Waals surface area contributed by atoms with Crippen LogP contribution in [-0.2, 0) is 14.3 Å². The molecule has 6 atom stereocenters. The fraction of sp³-hybridized carbons (Fsp3) is 0.600. The maximum atomic E-state index is 13.2. The van der Waals surface area contributed by atoms with Crippen molar-refractivity contribution in [3.05, 3.63) is 46.1 Å². The Morgan fingerprint density at radius 3 is 2.47 bits per heavy atom. The molecule has 1 aliphatic heterocycles. The average Bonchev–Trinajstić information content (AvgIpc) is 2.77. The smallest absolute Gasteiger partial charge is 0.354 e. The zero-order chi connectivity index (χ0) is 24.8. The number of rotatable bonds is 2. The van der Waals surface area contributed by atoms with Crippen LogP contribution in [0.5, 0.6) is 0 Å². The van der Waals surface area contributed by atoms with Crippen molar-refractivity contribution in [3.63, 3.8) is 0 Å². The van der Waals surface area contributed by atoms with Gasteiger partial charge in [-0.1, -0.05) is 25.1 Å². The van der Waals surface area contributed by atoms with Crippen LogP contribution in [0.1, 0.15) is 56.9 Å². The molecule has 1 aromatic heterocycles. The summed E-state index contributed by atoms with van der Waals surface area (Å²) < 4.78 is 5.62. The number of hydrogen-bond acceptors (Lipinski definition) is 8. The number of aliphatic hydroxyl groups is 1. The van der Waals surface area contributed by atoms with Crippen LogP contribution in [0.2, 0.25) is 0 Å². The summed E-state index contributed by atoms with van der Waals surface area (Å²) in [6, 6.07) is 3.58. The maximum Gasteiger partial charge on any atom is 0.354 e. The van der Waals surface area contributed by atoms with E-state index in [0.717, 1.165) is 6.42 Å². The summed E-state index contributed by atoms with van der Waals surface area (Å²) in [6.45, 7) is 5.91. The highest BCUT2D eigenvalue weighted by Gasteiger charge is 2.61. The van der Waals surface area contributed by atoms with Crippen LogP contribution in [0.3, 0.4) is 0 Å². The molecule has 5 rings (SSSR count). The Balaban J connectivity index is 0.000000257. The molecule has 9 nitrogen and oxygen atoms in total. The van der Waals surface area contributed by atoms with Gasteiger partial charge in [-0.15, -0.1) is 4.91 Å². The normalized spacial score (nSPS) is 35.9. The minimum absolute atomic E-state index is 0.0383. The van der Waals surface area contributed by atoms with Gasteiger partial charge >= 0.3 is 5.97 Å². The van der Waals surface area contributed by atoms with E-state index >= 15 is 0 Å². The summed E-state index contributed by atoms with van der Waals surface area (Å²) in [5.41, 5.74) is -1.18. The minimum atomic E-state index is -1.26. The van der Waals surface area contributed by atoms with E-state index in [-0.39, 0.29) is 47.5 Å². The molecule has 0 spiro atoms. The fourth-order valence-electron chi connectivity index (χ4n) is 6.24. The Bertz CT molecular complexity index is 1050. The van der Waals surface area contributed by atoms with Crippen molar-refractivity contribution in [2.75, 3.05) is 6.61 Å². The number of carboxylic acids is 1. The molecule has 1 aromatic rings. The van der Waals surface area contributed by atoms with Crippen LogP contribution >= 0.6 is 0 Å². The molecule has 0 radical (unpaired) electrons. The Labute approximate surface area is 197 Å². The largest absolute Gasteiger partial charge is 0.477 e. The van der Waals surface area contributed by atoms with E-state index in [1.807, 2.05) is 13.8 Å². The Kier molecular flexibility index (Phi) is 6.29. The van der Waals surface area contributed by atoms with Gasteiger partial charge in [-0.2, -0.15) is 0 Å². The second-order valence-electron chi connectivity index (χ2n) is 10.3. The molecule has 2 saturated carbocycles. The molecule has 2 heterocycles. The number of carboxylic acid groups (broad SMARTS) is 1. The van der Waals surface area contributed by atoms with Crippen molar-refractivity contribution in [2.24, 2.45) is 28.3 Å². The molecule has 3 fully saturated rings. The summed E-state index contributed by atoms with van der Waals surface area (Å²) in [4.78, 5) is 51.2. The van der Waals surface area contributed by atoms with Crippen molar-refractivity contribution in [1.29, 1.82) is 0 Å². The molecular weight excluding hydrogens is 440 g/mol. The van der Waals surface area contributed by atoms with Crippen molar-refractivity contribution >= 4 is 17.5 Å². The molecule has 34 heavy (non-hydrogen) atoms. The van der Waals surface area contributed by atoms with Gasteiger partial charge in [0.15, 0.2) is 17.6 Å². The molecule has 4 aliphatic rings. The first-order valence-corrected chi connectivity index (χ1v) is 11.6. The van der Waals surface area contributed by atoms with Crippen LogP contribution < -0.4 is 0 Å². The molecule has 2 N–H and O–H groups in total. The second kappa shape index (κ2) is 8.78. The van der Waals surface area contributed by atoms with E-state index in [1.54, 1.807) is 19.1 Å². The summed E-state index contributed by atoms with van der Waals surface area (Å²) in [5.74, 6) is -1.47. The number of Topliss-reactive ketones (excluding diaryl/α,β-unsaturated/α-hetero) is 2. The molecule has 0 aromatic carbocycles. The Morgan fingerprint density at radius 2 is 1.94 bits per heavy atom. The van der Waals surface area contributed by atoms with Gasteiger partial charge in [0.2, 0.25) is 0 Å². The van der Waals surface area contributed by atoms with Gasteiger partial charge in [0, 0.05) is 29.9 Å². The number of aromatic carboxylic acids is 1.